The van der Waals surface area contributed by atoms with Crippen LogP contribution in [-0.4, -0.2) is 31.4 Å². The number of carbonyl (C=O) groups excluding carboxylic acids is 2. The molecule has 0 aromatic heterocycles. The van der Waals surface area contributed by atoms with E-state index in [0.29, 0.717) is 19.6 Å². The van der Waals surface area contributed by atoms with E-state index in [0.717, 1.165) is 0 Å². The fraction of sp³-hybridized carbons (Fsp3) is 0.800. The van der Waals surface area contributed by atoms with Gasteiger partial charge in [0, 0.05) is 18.9 Å². The molecule has 14 heavy (non-hydrogen) atoms. The predicted octanol–water partition coefficient (Wildman–Crippen LogP) is 0.754. The summed E-state index contributed by atoms with van der Waals surface area (Å²) in [5.41, 5.74) is 0. The number of carbonyl (C=O) groups is 2. The quantitative estimate of drug-likeness (QED) is 0.618. The fourth-order valence-corrected chi connectivity index (χ4v) is 0.787. The van der Waals surface area contributed by atoms with E-state index in [1.54, 1.807) is 0 Å². The van der Waals surface area contributed by atoms with Gasteiger partial charge >= 0.3 is 0 Å². The van der Waals surface area contributed by atoms with Crippen LogP contribution in [0.15, 0.2) is 0 Å². The Morgan fingerprint density at radius 1 is 1.36 bits per heavy atom. The SMILES string of the molecule is CCOCCC(=O)NCC(=O)C(C)C. The lowest BCUT2D eigenvalue weighted by Gasteiger charge is -2.06. The zero-order valence-electron chi connectivity index (χ0n) is 9.13. The number of nitrogens with one attached hydrogen (secondary N) is 1. The van der Waals surface area contributed by atoms with Crippen LogP contribution in [-0.2, 0) is 14.3 Å². The third-order valence-electron chi connectivity index (χ3n) is 1.78. The van der Waals surface area contributed by atoms with Crippen LogP contribution in [0.4, 0.5) is 0 Å². The monoisotopic (exact) mass is 201 g/mol. The molecule has 0 heterocycles. The van der Waals surface area contributed by atoms with Gasteiger partial charge in [0.15, 0.2) is 5.78 Å². The molecule has 1 N–H and O–H groups in total. The summed E-state index contributed by atoms with van der Waals surface area (Å²) in [6.07, 6.45) is 0.319. The lowest BCUT2D eigenvalue weighted by atomic mass is 10.1. The molecule has 0 aromatic rings. The summed E-state index contributed by atoms with van der Waals surface area (Å²) < 4.78 is 5.01. The van der Waals surface area contributed by atoms with E-state index in [9.17, 15) is 9.59 Å². The first-order valence-corrected chi connectivity index (χ1v) is 4.95. The van der Waals surface area contributed by atoms with Crippen LogP contribution in [0.1, 0.15) is 27.2 Å². The average Bonchev–Trinajstić information content (AvgIpc) is 2.14. The van der Waals surface area contributed by atoms with Crippen LogP contribution in [0, 0.1) is 5.92 Å². The highest BCUT2D eigenvalue weighted by atomic mass is 16.5. The minimum Gasteiger partial charge on any atom is -0.381 e. The van der Waals surface area contributed by atoms with Gasteiger partial charge in [-0.1, -0.05) is 13.8 Å². The molecule has 82 valence electrons. The second kappa shape index (κ2) is 7.50. The van der Waals surface area contributed by atoms with Gasteiger partial charge in [0.1, 0.15) is 0 Å². The van der Waals surface area contributed by atoms with Crippen LogP contribution in [0.3, 0.4) is 0 Å². The maximum atomic E-state index is 11.1. The van der Waals surface area contributed by atoms with Gasteiger partial charge in [-0.15, -0.1) is 0 Å². The molecule has 0 aliphatic heterocycles. The summed E-state index contributed by atoms with van der Waals surface area (Å²) >= 11 is 0. The van der Waals surface area contributed by atoms with E-state index in [2.05, 4.69) is 5.32 Å². The highest BCUT2D eigenvalue weighted by Gasteiger charge is 2.08. The van der Waals surface area contributed by atoms with Crippen molar-refractivity contribution in [1.29, 1.82) is 0 Å². The zero-order chi connectivity index (χ0) is 11.0. The summed E-state index contributed by atoms with van der Waals surface area (Å²) in [4.78, 5) is 22.2. The van der Waals surface area contributed by atoms with Crippen molar-refractivity contribution in [2.24, 2.45) is 5.92 Å². The minimum absolute atomic E-state index is 0.0257. The Kier molecular flexibility index (Phi) is 7.02. The number of hydrogen-bond donors (Lipinski definition) is 1. The Labute approximate surface area is 85.0 Å². The van der Waals surface area contributed by atoms with Gasteiger partial charge in [0.25, 0.3) is 0 Å². The molecule has 0 saturated carbocycles. The van der Waals surface area contributed by atoms with Crippen LogP contribution < -0.4 is 5.32 Å². The highest BCUT2D eigenvalue weighted by molar-refractivity contribution is 5.87. The predicted molar refractivity (Wildman–Crippen MR) is 54.0 cm³/mol. The molecule has 0 bridgehead atoms. The van der Waals surface area contributed by atoms with Gasteiger partial charge in [-0.25, -0.2) is 0 Å². The van der Waals surface area contributed by atoms with Crippen molar-refractivity contribution >= 4 is 11.7 Å². The Bertz CT molecular complexity index is 190. The number of rotatable bonds is 7. The summed E-state index contributed by atoms with van der Waals surface area (Å²) in [7, 11) is 0. The minimum atomic E-state index is -0.132. The van der Waals surface area contributed by atoms with E-state index < -0.39 is 0 Å². The summed E-state index contributed by atoms with van der Waals surface area (Å²) in [5.74, 6) is -0.107. The molecule has 0 aromatic carbocycles. The van der Waals surface area contributed by atoms with Gasteiger partial charge in [-0.3, -0.25) is 9.59 Å². The molecule has 4 heteroatoms. The maximum absolute atomic E-state index is 11.1. The van der Waals surface area contributed by atoms with Crippen molar-refractivity contribution in [1.82, 2.24) is 5.32 Å². The molecular weight excluding hydrogens is 182 g/mol. The molecule has 0 saturated heterocycles. The molecular formula is C10H19NO3. The first kappa shape index (κ1) is 13.1. The summed E-state index contributed by atoms with van der Waals surface area (Å²) in [6, 6.07) is 0. The smallest absolute Gasteiger partial charge is 0.222 e. The molecule has 1 amide bonds. The molecule has 0 aliphatic carbocycles. The maximum Gasteiger partial charge on any atom is 0.222 e. The second-order valence-electron chi connectivity index (χ2n) is 3.34. The Balaban J connectivity index is 3.49. The number of ketones is 1. The molecule has 0 aliphatic rings. The topological polar surface area (TPSA) is 55.4 Å². The average molecular weight is 201 g/mol. The normalized spacial score (nSPS) is 10.3. The molecule has 0 fully saturated rings. The van der Waals surface area contributed by atoms with Gasteiger partial charge in [0.05, 0.1) is 13.2 Å². The number of ether oxygens (including phenoxy) is 1. The van der Waals surface area contributed by atoms with E-state index in [1.807, 2.05) is 20.8 Å². The molecule has 0 unspecified atom stereocenters. The van der Waals surface area contributed by atoms with E-state index in [1.165, 1.54) is 0 Å². The van der Waals surface area contributed by atoms with Gasteiger partial charge in [-0.05, 0) is 6.92 Å². The third kappa shape index (κ3) is 6.60. The molecule has 0 rings (SSSR count). The van der Waals surface area contributed by atoms with Crippen LogP contribution in [0.25, 0.3) is 0 Å². The van der Waals surface area contributed by atoms with Crippen molar-refractivity contribution in [3.8, 4) is 0 Å². The molecule has 4 nitrogen and oxygen atoms in total. The first-order valence-electron chi connectivity index (χ1n) is 4.95. The lowest BCUT2D eigenvalue weighted by molar-refractivity contribution is -0.127. The Morgan fingerprint density at radius 3 is 2.50 bits per heavy atom. The second-order valence-corrected chi connectivity index (χ2v) is 3.34. The van der Waals surface area contributed by atoms with Gasteiger partial charge < -0.3 is 10.1 Å². The van der Waals surface area contributed by atoms with Crippen molar-refractivity contribution in [3.05, 3.63) is 0 Å². The molecule has 0 radical (unpaired) electrons. The van der Waals surface area contributed by atoms with Crippen LogP contribution in [0.2, 0.25) is 0 Å². The number of Topliss-reactive ketones (excluding diaryl/α,β-unsaturated/α-hetero) is 1. The number of hydrogen-bond acceptors (Lipinski definition) is 3. The first-order chi connectivity index (χ1) is 6.57. The Hall–Kier alpha value is -0.900. The zero-order valence-corrected chi connectivity index (χ0v) is 9.13. The summed E-state index contributed by atoms with van der Waals surface area (Å²) in [6.45, 7) is 6.66. The van der Waals surface area contributed by atoms with E-state index in [-0.39, 0.29) is 24.2 Å². The molecule has 0 spiro atoms. The van der Waals surface area contributed by atoms with Crippen molar-refractivity contribution < 1.29 is 14.3 Å². The van der Waals surface area contributed by atoms with Crippen molar-refractivity contribution in [3.63, 3.8) is 0 Å². The van der Waals surface area contributed by atoms with Crippen LogP contribution >= 0.6 is 0 Å². The van der Waals surface area contributed by atoms with Gasteiger partial charge in [-0.2, -0.15) is 0 Å². The van der Waals surface area contributed by atoms with Crippen LogP contribution in [0.5, 0.6) is 0 Å². The fourth-order valence-electron chi connectivity index (χ4n) is 0.787. The Morgan fingerprint density at radius 2 is 2.00 bits per heavy atom. The molecule has 0 atom stereocenters. The van der Waals surface area contributed by atoms with Crippen molar-refractivity contribution in [2.45, 2.75) is 27.2 Å². The lowest BCUT2D eigenvalue weighted by Crippen LogP contribution is -2.32. The van der Waals surface area contributed by atoms with E-state index in [4.69, 9.17) is 4.74 Å². The third-order valence-corrected chi connectivity index (χ3v) is 1.78. The van der Waals surface area contributed by atoms with Crippen molar-refractivity contribution in [2.75, 3.05) is 19.8 Å². The number of amides is 1. The van der Waals surface area contributed by atoms with Gasteiger partial charge in [0.2, 0.25) is 5.91 Å². The highest BCUT2D eigenvalue weighted by Crippen LogP contribution is 1.92. The van der Waals surface area contributed by atoms with E-state index >= 15 is 0 Å². The summed E-state index contributed by atoms with van der Waals surface area (Å²) in [5, 5.41) is 2.55. The standard InChI is InChI=1S/C10H19NO3/c1-4-14-6-5-10(13)11-7-9(12)8(2)3/h8H,4-7H2,1-3H3,(H,11,13). The largest absolute Gasteiger partial charge is 0.381 e.